The zero-order chi connectivity index (χ0) is 22.2. The van der Waals surface area contributed by atoms with Crippen molar-refractivity contribution >= 4 is 40.1 Å². The first kappa shape index (κ1) is 21.2. The van der Waals surface area contributed by atoms with Crippen molar-refractivity contribution in [1.29, 1.82) is 0 Å². The van der Waals surface area contributed by atoms with Gasteiger partial charge < -0.3 is 10.2 Å². The standard InChI is InChI=1S/C22H24N4O4S/c1-14(27)18-17(15-9-5-3-6-10-15)24-20(31-18)23-16(28)13-26-19(29)22(25(2)21(26)30)11-7-4-8-12-22/h3,5-6,9-10H,4,7-8,11-13H2,1-2H3,(H,23,24,28). The molecule has 2 aliphatic rings. The molecule has 162 valence electrons. The molecule has 1 N–H and O–H groups in total. The van der Waals surface area contributed by atoms with Gasteiger partial charge in [-0.25, -0.2) is 9.78 Å². The molecule has 0 radical (unpaired) electrons. The fourth-order valence-electron chi connectivity index (χ4n) is 4.38. The van der Waals surface area contributed by atoms with E-state index in [1.807, 2.05) is 30.3 Å². The Hall–Kier alpha value is -3.07. The number of carbonyl (C=O) groups excluding carboxylic acids is 4. The molecule has 2 aromatic rings. The molecule has 0 atom stereocenters. The average molecular weight is 441 g/mol. The number of hydrogen-bond donors (Lipinski definition) is 1. The number of amides is 4. The van der Waals surface area contributed by atoms with Crippen LogP contribution in [0, 0.1) is 0 Å². The molecule has 4 rings (SSSR count). The SMILES string of the molecule is CC(=O)c1sc(NC(=O)CN2C(=O)N(C)C3(CCCCC3)C2=O)nc1-c1ccccc1. The van der Waals surface area contributed by atoms with Crippen molar-refractivity contribution < 1.29 is 19.2 Å². The highest BCUT2D eigenvalue weighted by atomic mass is 32.1. The number of rotatable bonds is 5. The number of thiazole rings is 1. The number of imide groups is 1. The maximum atomic E-state index is 13.0. The van der Waals surface area contributed by atoms with Gasteiger partial charge in [0.2, 0.25) is 5.91 Å². The van der Waals surface area contributed by atoms with Gasteiger partial charge in [0.15, 0.2) is 10.9 Å². The van der Waals surface area contributed by atoms with E-state index in [0.29, 0.717) is 23.4 Å². The third kappa shape index (κ3) is 3.74. The first-order valence-electron chi connectivity index (χ1n) is 10.3. The van der Waals surface area contributed by atoms with Crippen LogP contribution in [-0.2, 0) is 9.59 Å². The van der Waals surface area contributed by atoms with Crippen LogP contribution < -0.4 is 5.32 Å². The molecule has 2 fully saturated rings. The van der Waals surface area contributed by atoms with Crippen molar-refractivity contribution in [3.05, 3.63) is 35.2 Å². The van der Waals surface area contributed by atoms with E-state index in [9.17, 15) is 19.2 Å². The van der Waals surface area contributed by atoms with Crippen molar-refractivity contribution in [2.75, 3.05) is 18.9 Å². The number of nitrogens with zero attached hydrogens (tertiary/aromatic N) is 3. The summed E-state index contributed by atoms with van der Waals surface area (Å²) < 4.78 is 0. The Morgan fingerprint density at radius 3 is 2.45 bits per heavy atom. The van der Waals surface area contributed by atoms with Crippen LogP contribution in [0.4, 0.5) is 9.93 Å². The van der Waals surface area contributed by atoms with E-state index in [-0.39, 0.29) is 23.4 Å². The Bertz CT molecular complexity index is 1040. The average Bonchev–Trinajstić information content (AvgIpc) is 3.26. The second kappa shape index (κ2) is 8.22. The molecule has 1 spiro atoms. The molecule has 8 nitrogen and oxygen atoms in total. The number of carbonyl (C=O) groups is 4. The minimum atomic E-state index is -0.820. The van der Waals surface area contributed by atoms with Gasteiger partial charge in [-0.2, -0.15) is 0 Å². The van der Waals surface area contributed by atoms with Crippen LogP contribution in [-0.4, -0.2) is 57.5 Å². The highest BCUT2D eigenvalue weighted by molar-refractivity contribution is 7.18. The zero-order valence-corrected chi connectivity index (χ0v) is 18.3. The molecule has 9 heteroatoms. The minimum Gasteiger partial charge on any atom is -0.313 e. The normalized spacial score (nSPS) is 18.0. The number of anilines is 1. The summed E-state index contributed by atoms with van der Waals surface area (Å²) in [6.07, 6.45) is 4.07. The van der Waals surface area contributed by atoms with Gasteiger partial charge in [0.25, 0.3) is 5.91 Å². The summed E-state index contributed by atoms with van der Waals surface area (Å²) in [6.45, 7) is 1.08. The minimum absolute atomic E-state index is 0.150. The van der Waals surface area contributed by atoms with Gasteiger partial charge in [0.1, 0.15) is 12.1 Å². The molecule has 1 aliphatic heterocycles. The van der Waals surface area contributed by atoms with E-state index in [2.05, 4.69) is 10.3 Å². The lowest BCUT2D eigenvalue weighted by atomic mass is 9.81. The topological polar surface area (TPSA) is 99.7 Å². The van der Waals surface area contributed by atoms with Crippen LogP contribution >= 0.6 is 11.3 Å². The molecule has 0 bridgehead atoms. The van der Waals surface area contributed by atoms with Crippen LogP contribution in [0.15, 0.2) is 30.3 Å². The number of aromatic nitrogens is 1. The fourth-order valence-corrected chi connectivity index (χ4v) is 5.28. The van der Waals surface area contributed by atoms with Crippen molar-refractivity contribution in [3.63, 3.8) is 0 Å². The Balaban J connectivity index is 1.51. The van der Waals surface area contributed by atoms with Gasteiger partial charge in [0.05, 0.1) is 10.6 Å². The summed E-state index contributed by atoms with van der Waals surface area (Å²) in [5.41, 5.74) is 0.455. The second-order valence-electron chi connectivity index (χ2n) is 7.99. The van der Waals surface area contributed by atoms with Crippen LogP contribution in [0.25, 0.3) is 11.3 Å². The van der Waals surface area contributed by atoms with Gasteiger partial charge >= 0.3 is 6.03 Å². The molecule has 1 aliphatic carbocycles. The molecule has 2 heterocycles. The lowest BCUT2D eigenvalue weighted by molar-refractivity contribution is -0.136. The van der Waals surface area contributed by atoms with Gasteiger partial charge in [-0.05, 0) is 12.8 Å². The van der Waals surface area contributed by atoms with Crippen molar-refractivity contribution in [2.45, 2.75) is 44.6 Å². The van der Waals surface area contributed by atoms with E-state index in [1.54, 1.807) is 7.05 Å². The second-order valence-corrected chi connectivity index (χ2v) is 8.99. The van der Waals surface area contributed by atoms with Crippen LogP contribution in [0.1, 0.15) is 48.7 Å². The third-order valence-corrected chi connectivity index (χ3v) is 7.10. The number of ketones is 1. The summed E-state index contributed by atoms with van der Waals surface area (Å²) in [5, 5.41) is 2.91. The molecule has 1 saturated heterocycles. The lowest BCUT2D eigenvalue weighted by Gasteiger charge is -2.35. The molecule has 1 aromatic carbocycles. The number of Topliss-reactive ketones (excluding diaryl/α,β-unsaturated/α-hetero) is 1. The van der Waals surface area contributed by atoms with Gasteiger partial charge in [-0.1, -0.05) is 60.9 Å². The van der Waals surface area contributed by atoms with Crippen molar-refractivity contribution in [1.82, 2.24) is 14.8 Å². The van der Waals surface area contributed by atoms with E-state index >= 15 is 0 Å². The quantitative estimate of drug-likeness (QED) is 0.566. The van der Waals surface area contributed by atoms with E-state index < -0.39 is 17.5 Å². The monoisotopic (exact) mass is 440 g/mol. The van der Waals surface area contributed by atoms with Crippen LogP contribution in [0.3, 0.4) is 0 Å². The maximum Gasteiger partial charge on any atom is 0.327 e. The summed E-state index contributed by atoms with van der Waals surface area (Å²) in [4.78, 5) is 57.9. The molecule has 4 amide bonds. The predicted molar refractivity (Wildman–Crippen MR) is 117 cm³/mol. The fraction of sp³-hybridized carbons (Fsp3) is 0.409. The van der Waals surface area contributed by atoms with Crippen LogP contribution in [0.5, 0.6) is 0 Å². The molecule has 31 heavy (non-hydrogen) atoms. The number of likely N-dealkylation sites (N-methyl/N-ethyl adjacent to an activating group) is 1. The summed E-state index contributed by atoms with van der Waals surface area (Å²) >= 11 is 1.08. The molecular weight excluding hydrogens is 416 g/mol. The highest BCUT2D eigenvalue weighted by Crippen LogP contribution is 2.39. The number of nitrogens with one attached hydrogen (secondary N) is 1. The van der Waals surface area contributed by atoms with Gasteiger partial charge in [-0.15, -0.1) is 0 Å². The molecule has 1 aromatic heterocycles. The number of hydrogen-bond acceptors (Lipinski definition) is 6. The Morgan fingerprint density at radius 2 is 1.81 bits per heavy atom. The summed E-state index contributed by atoms with van der Waals surface area (Å²) in [6, 6.07) is 8.79. The Morgan fingerprint density at radius 1 is 1.13 bits per heavy atom. The summed E-state index contributed by atoms with van der Waals surface area (Å²) in [5.74, 6) is -0.975. The van der Waals surface area contributed by atoms with Crippen molar-refractivity contribution in [2.24, 2.45) is 0 Å². The van der Waals surface area contributed by atoms with Gasteiger partial charge in [-0.3, -0.25) is 19.3 Å². The highest BCUT2D eigenvalue weighted by Gasteiger charge is 2.55. The van der Waals surface area contributed by atoms with E-state index in [4.69, 9.17) is 0 Å². The predicted octanol–water partition coefficient (Wildman–Crippen LogP) is 3.55. The van der Waals surface area contributed by atoms with E-state index in [0.717, 1.165) is 41.1 Å². The first-order valence-corrected chi connectivity index (χ1v) is 11.1. The third-order valence-electron chi connectivity index (χ3n) is 6.03. The van der Waals surface area contributed by atoms with E-state index in [1.165, 1.54) is 11.8 Å². The Kier molecular flexibility index (Phi) is 5.62. The summed E-state index contributed by atoms with van der Waals surface area (Å²) in [7, 11) is 1.63. The van der Waals surface area contributed by atoms with Crippen molar-refractivity contribution in [3.8, 4) is 11.3 Å². The van der Waals surface area contributed by atoms with Gasteiger partial charge in [0, 0.05) is 19.5 Å². The lowest BCUT2D eigenvalue weighted by Crippen LogP contribution is -2.49. The van der Waals surface area contributed by atoms with Crippen LogP contribution in [0.2, 0.25) is 0 Å². The zero-order valence-electron chi connectivity index (χ0n) is 17.5. The maximum absolute atomic E-state index is 13.0. The molecule has 1 saturated carbocycles. The first-order chi connectivity index (χ1) is 14.8. The Labute approximate surface area is 184 Å². The largest absolute Gasteiger partial charge is 0.327 e. The number of benzene rings is 1. The molecular formula is C22H24N4O4S. The smallest absolute Gasteiger partial charge is 0.313 e. The molecule has 0 unspecified atom stereocenters. The number of urea groups is 1.